The van der Waals surface area contributed by atoms with E-state index in [-0.39, 0.29) is 11.1 Å². The number of fused-ring (bicyclic) bond motifs is 2. The van der Waals surface area contributed by atoms with Gasteiger partial charge in [0, 0.05) is 43.7 Å². The Labute approximate surface area is 184 Å². The van der Waals surface area contributed by atoms with Gasteiger partial charge in [-0.3, -0.25) is 19.9 Å². The average Bonchev–Trinajstić information content (AvgIpc) is 3.48. The molecule has 1 aliphatic rings. The highest BCUT2D eigenvalue weighted by Gasteiger charge is 2.35. The third-order valence-corrected chi connectivity index (χ3v) is 6.51. The van der Waals surface area contributed by atoms with Gasteiger partial charge in [0.25, 0.3) is 11.8 Å². The van der Waals surface area contributed by atoms with E-state index in [1.165, 1.54) is 29.7 Å². The van der Waals surface area contributed by atoms with Crippen molar-refractivity contribution in [2.75, 3.05) is 0 Å². The summed E-state index contributed by atoms with van der Waals surface area (Å²) in [5.74, 6) is -1.41. The maximum Gasteiger partial charge on any atom is 0.259 e. The van der Waals surface area contributed by atoms with Crippen LogP contribution in [-0.2, 0) is 9.59 Å². The summed E-state index contributed by atoms with van der Waals surface area (Å²) in [6.07, 6.45) is 3.20. The molecule has 5 nitrogen and oxygen atoms in total. The van der Waals surface area contributed by atoms with E-state index in [1.54, 1.807) is 17.6 Å². The summed E-state index contributed by atoms with van der Waals surface area (Å²) in [4.78, 5) is 29.9. The molecule has 0 spiro atoms. The van der Waals surface area contributed by atoms with E-state index >= 15 is 0 Å². The molecule has 2 aromatic carbocycles. The van der Waals surface area contributed by atoms with Crippen LogP contribution in [0.1, 0.15) is 11.1 Å². The molecule has 0 aliphatic carbocycles. The molecule has 0 radical (unpaired) electrons. The lowest BCUT2D eigenvalue weighted by Gasteiger charge is -2.04. The second kappa shape index (κ2) is 6.96. The Bertz CT molecular complexity index is 1600. The monoisotopic (exact) mass is 440 g/mol. The summed E-state index contributed by atoms with van der Waals surface area (Å²) in [6, 6.07) is 15.7. The van der Waals surface area contributed by atoms with Gasteiger partial charge >= 0.3 is 0 Å². The number of nitrogens with zero attached hydrogens (tertiary/aromatic N) is 1. The lowest BCUT2D eigenvalue weighted by molar-refractivity contribution is -0.122. The molecule has 0 unspecified atom stereocenters. The SMILES string of the molecule is O=C1NC(=O)C(c2csc3ccc(F)cc23)=C1c1coc2cc(-c3ccccn3)ccc12. The van der Waals surface area contributed by atoms with Gasteiger partial charge in [-0.1, -0.05) is 12.1 Å². The van der Waals surface area contributed by atoms with Crippen LogP contribution in [0.3, 0.4) is 0 Å². The molecule has 0 saturated heterocycles. The number of rotatable bonds is 3. The molecule has 0 fully saturated rings. The predicted octanol–water partition coefficient (Wildman–Crippen LogP) is 5.42. The zero-order valence-corrected chi connectivity index (χ0v) is 17.2. The second-order valence-electron chi connectivity index (χ2n) is 7.40. The first-order valence-electron chi connectivity index (χ1n) is 9.80. The fourth-order valence-electron chi connectivity index (χ4n) is 4.08. The van der Waals surface area contributed by atoms with Crippen molar-refractivity contribution < 1.29 is 18.4 Å². The van der Waals surface area contributed by atoms with Gasteiger partial charge in [0.05, 0.1) is 23.1 Å². The van der Waals surface area contributed by atoms with Crippen LogP contribution in [0.25, 0.3) is 43.5 Å². The van der Waals surface area contributed by atoms with Crippen molar-refractivity contribution in [3.8, 4) is 11.3 Å². The molecule has 1 aliphatic heterocycles. The van der Waals surface area contributed by atoms with Crippen molar-refractivity contribution in [2.45, 2.75) is 0 Å². The van der Waals surface area contributed by atoms with E-state index in [0.29, 0.717) is 27.5 Å². The zero-order valence-electron chi connectivity index (χ0n) is 16.4. The standard InChI is InChI=1S/C25H13FN2O3S/c26-14-5-7-21-16(10-14)18(12-32-21)23-22(24(29)28-25(23)30)17-11-31-20-9-13(4-6-15(17)20)19-3-1-2-8-27-19/h1-12H,(H,28,29,30). The van der Waals surface area contributed by atoms with Gasteiger partial charge in [-0.25, -0.2) is 4.39 Å². The molecule has 0 atom stereocenters. The van der Waals surface area contributed by atoms with Crippen molar-refractivity contribution in [3.63, 3.8) is 0 Å². The maximum atomic E-state index is 13.9. The van der Waals surface area contributed by atoms with Crippen LogP contribution in [-0.4, -0.2) is 16.8 Å². The van der Waals surface area contributed by atoms with Crippen molar-refractivity contribution in [2.24, 2.45) is 0 Å². The Morgan fingerprint density at radius 3 is 2.56 bits per heavy atom. The van der Waals surface area contributed by atoms with Crippen molar-refractivity contribution in [3.05, 3.63) is 89.4 Å². The lowest BCUT2D eigenvalue weighted by Crippen LogP contribution is -2.22. The number of carbonyl (C=O) groups excluding carboxylic acids is 2. The molecule has 4 heterocycles. The van der Waals surface area contributed by atoms with E-state index in [2.05, 4.69) is 10.3 Å². The Morgan fingerprint density at radius 1 is 0.906 bits per heavy atom. The fraction of sp³-hybridized carbons (Fsp3) is 0. The number of carbonyl (C=O) groups is 2. The van der Waals surface area contributed by atoms with E-state index in [0.717, 1.165) is 16.0 Å². The molecule has 0 saturated carbocycles. The first kappa shape index (κ1) is 18.7. The number of halogens is 1. The fourth-order valence-corrected chi connectivity index (χ4v) is 5.01. The van der Waals surface area contributed by atoms with Crippen molar-refractivity contribution >= 4 is 55.4 Å². The average molecular weight is 440 g/mol. The molecule has 6 rings (SSSR count). The number of hydrogen-bond acceptors (Lipinski definition) is 5. The van der Waals surface area contributed by atoms with Crippen LogP contribution in [0.5, 0.6) is 0 Å². The largest absolute Gasteiger partial charge is 0.464 e. The molecule has 2 amide bonds. The van der Waals surface area contributed by atoms with Crippen LogP contribution in [0.4, 0.5) is 4.39 Å². The molecule has 5 aromatic rings. The Hall–Kier alpha value is -4.10. The van der Waals surface area contributed by atoms with Gasteiger partial charge in [-0.2, -0.15) is 0 Å². The van der Waals surface area contributed by atoms with E-state index in [9.17, 15) is 14.0 Å². The molecule has 154 valence electrons. The van der Waals surface area contributed by atoms with Gasteiger partial charge < -0.3 is 4.42 Å². The zero-order chi connectivity index (χ0) is 21.8. The van der Waals surface area contributed by atoms with E-state index < -0.39 is 17.6 Å². The molecule has 3 aromatic heterocycles. The van der Waals surface area contributed by atoms with Gasteiger partial charge in [0.1, 0.15) is 11.4 Å². The first-order chi connectivity index (χ1) is 15.6. The molecule has 32 heavy (non-hydrogen) atoms. The second-order valence-corrected chi connectivity index (χ2v) is 8.31. The third kappa shape index (κ3) is 2.79. The molecular weight excluding hydrogens is 427 g/mol. The topological polar surface area (TPSA) is 72.2 Å². The van der Waals surface area contributed by atoms with Gasteiger partial charge in [0.15, 0.2) is 0 Å². The Balaban J connectivity index is 1.56. The highest BCUT2D eigenvalue weighted by atomic mass is 32.1. The minimum atomic E-state index is -0.506. The number of thiophene rings is 1. The normalized spacial score (nSPS) is 14.0. The van der Waals surface area contributed by atoms with Crippen molar-refractivity contribution in [1.82, 2.24) is 10.3 Å². The number of amides is 2. The van der Waals surface area contributed by atoms with Crippen LogP contribution in [0.15, 0.2) is 76.9 Å². The predicted molar refractivity (Wildman–Crippen MR) is 121 cm³/mol. The summed E-state index contributed by atoms with van der Waals surface area (Å²) in [7, 11) is 0. The number of nitrogens with one attached hydrogen (secondary N) is 1. The summed E-state index contributed by atoms with van der Waals surface area (Å²) in [6.45, 7) is 0. The number of imide groups is 1. The highest BCUT2D eigenvalue weighted by molar-refractivity contribution is 7.17. The van der Waals surface area contributed by atoms with E-state index in [4.69, 9.17) is 4.42 Å². The quantitative estimate of drug-likeness (QED) is 0.381. The first-order valence-corrected chi connectivity index (χ1v) is 10.7. The summed E-state index contributed by atoms with van der Waals surface area (Å²) < 4.78 is 20.5. The number of furan rings is 1. The molecule has 7 heteroatoms. The lowest BCUT2D eigenvalue weighted by atomic mass is 9.95. The van der Waals surface area contributed by atoms with Crippen LogP contribution in [0, 0.1) is 5.82 Å². The summed E-state index contributed by atoms with van der Waals surface area (Å²) >= 11 is 1.39. The number of hydrogen-bond donors (Lipinski definition) is 1. The van der Waals surface area contributed by atoms with Crippen molar-refractivity contribution in [1.29, 1.82) is 0 Å². The van der Waals surface area contributed by atoms with Gasteiger partial charge in [-0.15, -0.1) is 11.3 Å². The Kier molecular flexibility index (Phi) is 4.06. The molecule has 0 bridgehead atoms. The van der Waals surface area contributed by atoms with Gasteiger partial charge in [-0.05, 0) is 42.5 Å². The maximum absolute atomic E-state index is 13.9. The summed E-state index contributed by atoms with van der Waals surface area (Å²) in [5, 5.41) is 5.46. The minimum absolute atomic E-state index is 0.225. The third-order valence-electron chi connectivity index (χ3n) is 5.54. The summed E-state index contributed by atoms with van der Waals surface area (Å²) in [5.41, 5.74) is 3.74. The van der Waals surface area contributed by atoms with Crippen LogP contribution in [0.2, 0.25) is 0 Å². The number of pyridine rings is 1. The van der Waals surface area contributed by atoms with Gasteiger partial charge in [0.2, 0.25) is 0 Å². The van der Waals surface area contributed by atoms with E-state index in [1.807, 2.05) is 36.4 Å². The highest BCUT2D eigenvalue weighted by Crippen LogP contribution is 2.40. The molecule has 1 N–H and O–H groups in total. The van der Waals surface area contributed by atoms with Crippen LogP contribution < -0.4 is 5.32 Å². The molecular formula is C25H13FN2O3S. The smallest absolute Gasteiger partial charge is 0.259 e. The Morgan fingerprint density at radius 2 is 1.75 bits per heavy atom. The number of aromatic nitrogens is 1. The number of benzene rings is 2. The van der Waals surface area contributed by atoms with Crippen LogP contribution >= 0.6 is 11.3 Å². The minimum Gasteiger partial charge on any atom is -0.464 e.